The second-order valence-corrected chi connectivity index (χ2v) is 3.91. The molecule has 1 rings (SSSR count). The summed E-state index contributed by atoms with van der Waals surface area (Å²) in [4.78, 5) is 0. The molecule has 1 nitrogen and oxygen atoms in total. The molecule has 0 amide bonds. The van der Waals surface area contributed by atoms with Crippen LogP contribution in [0.1, 0.15) is 45.4 Å². The minimum absolute atomic E-state index is 0.670. The van der Waals surface area contributed by atoms with Crippen molar-refractivity contribution in [1.29, 1.82) is 0 Å². The van der Waals surface area contributed by atoms with E-state index in [-0.39, 0.29) is 0 Å². The number of hydrogen-bond acceptors (Lipinski definition) is 1. The van der Waals surface area contributed by atoms with Gasteiger partial charge in [-0.1, -0.05) is 39.2 Å². The molecule has 0 aromatic heterocycles. The largest absolute Gasteiger partial charge is 0.389 e. The predicted molar refractivity (Wildman–Crippen MR) is 54.0 cm³/mol. The Morgan fingerprint density at radius 2 is 1.83 bits per heavy atom. The van der Waals surface area contributed by atoms with Gasteiger partial charge in [0.05, 0.1) is 0 Å². The molecule has 1 heterocycles. The zero-order valence-electron chi connectivity index (χ0n) is 8.23. The summed E-state index contributed by atoms with van der Waals surface area (Å²) in [5, 5.41) is 3.41. The Morgan fingerprint density at radius 1 is 1.17 bits per heavy atom. The smallest absolute Gasteiger partial charge is 0.0143 e. The summed E-state index contributed by atoms with van der Waals surface area (Å²) in [7, 11) is 0. The van der Waals surface area contributed by atoms with E-state index in [2.05, 4.69) is 18.8 Å². The summed E-state index contributed by atoms with van der Waals surface area (Å²) in [6, 6.07) is 0. The van der Waals surface area contributed by atoms with Crippen molar-refractivity contribution in [3.05, 3.63) is 12.3 Å². The zero-order valence-corrected chi connectivity index (χ0v) is 8.23. The lowest BCUT2D eigenvalue weighted by atomic mass is 9.98. The summed E-state index contributed by atoms with van der Waals surface area (Å²) in [6.07, 6.45) is 8.21. The zero-order chi connectivity index (χ0) is 8.81. The van der Waals surface area contributed by atoms with Crippen molar-refractivity contribution in [2.75, 3.05) is 6.54 Å². The third-order valence-corrected chi connectivity index (χ3v) is 2.76. The number of nitrogens with one attached hydrogen (secondary N) is 1. The molecule has 1 unspecified atom stereocenters. The normalized spacial score (nSPS) is 27.8. The van der Waals surface area contributed by atoms with Gasteiger partial charge in [-0.15, -0.1) is 0 Å². The lowest BCUT2D eigenvalue weighted by Crippen LogP contribution is -2.19. The number of allylic oxidation sites excluding steroid dienone is 1. The maximum atomic E-state index is 4.06. The first-order valence-electron chi connectivity index (χ1n) is 5.23. The van der Waals surface area contributed by atoms with Crippen LogP contribution in [0.3, 0.4) is 0 Å². The lowest BCUT2D eigenvalue weighted by Gasteiger charge is -2.18. The molecule has 0 aromatic carbocycles. The van der Waals surface area contributed by atoms with Crippen LogP contribution in [0.2, 0.25) is 0 Å². The Morgan fingerprint density at radius 3 is 2.67 bits per heavy atom. The topological polar surface area (TPSA) is 12.0 Å². The first-order valence-corrected chi connectivity index (χ1v) is 5.23. The van der Waals surface area contributed by atoms with Crippen molar-refractivity contribution in [2.45, 2.75) is 45.4 Å². The first-order chi connectivity index (χ1) is 5.80. The van der Waals surface area contributed by atoms with Gasteiger partial charge in [0.15, 0.2) is 0 Å². The fourth-order valence-corrected chi connectivity index (χ4v) is 1.70. The molecule has 1 fully saturated rings. The highest BCUT2D eigenvalue weighted by Crippen LogP contribution is 2.17. The van der Waals surface area contributed by atoms with Crippen molar-refractivity contribution in [3.63, 3.8) is 0 Å². The van der Waals surface area contributed by atoms with Crippen molar-refractivity contribution in [2.24, 2.45) is 5.92 Å². The van der Waals surface area contributed by atoms with Crippen LogP contribution in [0.15, 0.2) is 12.3 Å². The van der Waals surface area contributed by atoms with Gasteiger partial charge in [-0.3, -0.25) is 0 Å². The molecule has 0 saturated carbocycles. The quantitative estimate of drug-likeness (QED) is 0.584. The maximum Gasteiger partial charge on any atom is 0.0143 e. The lowest BCUT2D eigenvalue weighted by molar-refractivity contribution is 0.481. The highest BCUT2D eigenvalue weighted by Gasteiger charge is 2.06. The Kier molecular flexibility index (Phi) is 4.20. The molecule has 1 atom stereocenters. The van der Waals surface area contributed by atoms with Gasteiger partial charge in [0.25, 0.3) is 0 Å². The van der Waals surface area contributed by atoms with Crippen LogP contribution in [0, 0.1) is 5.92 Å². The Labute approximate surface area is 76.2 Å². The van der Waals surface area contributed by atoms with Crippen LogP contribution in [-0.4, -0.2) is 6.54 Å². The van der Waals surface area contributed by atoms with E-state index in [1.54, 1.807) is 0 Å². The van der Waals surface area contributed by atoms with E-state index in [9.17, 15) is 0 Å². The Hall–Kier alpha value is -0.460. The van der Waals surface area contributed by atoms with Crippen LogP contribution in [0.4, 0.5) is 0 Å². The van der Waals surface area contributed by atoms with Gasteiger partial charge >= 0.3 is 0 Å². The van der Waals surface area contributed by atoms with Crippen LogP contribution in [-0.2, 0) is 0 Å². The second kappa shape index (κ2) is 5.23. The fraction of sp³-hybridized carbons (Fsp3) is 0.818. The molecule has 1 saturated heterocycles. The molecule has 70 valence electrons. The molecule has 0 aromatic rings. The van der Waals surface area contributed by atoms with Gasteiger partial charge in [-0.05, 0) is 18.8 Å². The number of hydrogen-bond donors (Lipinski definition) is 1. The van der Waals surface area contributed by atoms with Gasteiger partial charge in [0.1, 0.15) is 0 Å². The Bertz CT molecular complexity index is 140. The molecule has 0 radical (unpaired) electrons. The van der Waals surface area contributed by atoms with Crippen molar-refractivity contribution >= 4 is 0 Å². The highest BCUT2D eigenvalue weighted by atomic mass is 14.9. The van der Waals surface area contributed by atoms with Crippen LogP contribution in [0.5, 0.6) is 0 Å². The highest BCUT2D eigenvalue weighted by molar-refractivity contribution is 4.96. The van der Waals surface area contributed by atoms with E-state index in [1.807, 2.05) is 0 Å². The van der Waals surface area contributed by atoms with Crippen LogP contribution in [0.25, 0.3) is 0 Å². The number of rotatable bonds is 0. The molecular formula is C11H21N. The fourth-order valence-electron chi connectivity index (χ4n) is 1.70. The monoisotopic (exact) mass is 167 g/mol. The van der Waals surface area contributed by atoms with E-state index >= 15 is 0 Å². The molecule has 0 aliphatic carbocycles. The molecule has 0 spiro atoms. The Balaban J connectivity index is 2.31. The third-order valence-electron chi connectivity index (χ3n) is 2.76. The standard InChI is InChI=1S/C11H21N/c1-10-8-6-4-3-5-7-9-12-11(10)2/h10,12H,2-9H2,1H3. The van der Waals surface area contributed by atoms with Crippen molar-refractivity contribution in [1.82, 2.24) is 5.32 Å². The molecule has 1 aliphatic heterocycles. The first kappa shape index (κ1) is 9.63. The summed E-state index contributed by atoms with van der Waals surface area (Å²) < 4.78 is 0. The molecular weight excluding hydrogens is 146 g/mol. The summed E-state index contributed by atoms with van der Waals surface area (Å²) in [6.45, 7) is 7.46. The van der Waals surface area contributed by atoms with Crippen molar-refractivity contribution in [3.8, 4) is 0 Å². The summed E-state index contributed by atoms with van der Waals surface area (Å²) in [5.74, 6) is 0.670. The third kappa shape index (κ3) is 3.29. The summed E-state index contributed by atoms with van der Waals surface area (Å²) in [5.41, 5.74) is 1.25. The maximum absolute atomic E-state index is 4.06. The van der Waals surface area contributed by atoms with E-state index < -0.39 is 0 Å². The average Bonchev–Trinajstić information content (AvgIpc) is 2.08. The van der Waals surface area contributed by atoms with E-state index in [0.29, 0.717) is 5.92 Å². The van der Waals surface area contributed by atoms with E-state index in [1.165, 1.54) is 44.2 Å². The minimum atomic E-state index is 0.670. The van der Waals surface area contributed by atoms with Crippen LogP contribution >= 0.6 is 0 Å². The molecule has 1 N–H and O–H groups in total. The van der Waals surface area contributed by atoms with Gasteiger partial charge in [-0.25, -0.2) is 0 Å². The SMILES string of the molecule is C=C1NCCCCCCCC1C. The average molecular weight is 167 g/mol. The minimum Gasteiger partial charge on any atom is -0.389 e. The molecule has 1 heteroatoms. The van der Waals surface area contributed by atoms with Gasteiger partial charge in [0, 0.05) is 12.2 Å². The van der Waals surface area contributed by atoms with Crippen LogP contribution < -0.4 is 5.32 Å². The van der Waals surface area contributed by atoms with E-state index in [4.69, 9.17) is 0 Å². The second-order valence-electron chi connectivity index (χ2n) is 3.91. The molecule has 12 heavy (non-hydrogen) atoms. The molecule has 0 bridgehead atoms. The van der Waals surface area contributed by atoms with Gasteiger partial charge < -0.3 is 5.32 Å². The molecule has 1 aliphatic rings. The summed E-state index contributed by atoms with van der Waals surface area (Å²) >= 11 is 0. The predicted octanol–water partition coefficient (Wildman–Crippen LogP) is 3.08. The van der Waals surface area contributed by atoms with Gasteiger partial charge in [0.2, 0.25) is 0 Å². The van der Waals surface area contributed by atoms with Crippen molar-refractivity contribution < 1.29 is 0 Å². The van der Waals surface area contributed by atoms with E-state index in [0.717, 1.165) is 6.54 Å². The van der Waals surface area contributed by atoms with Gasteiger partial charge in [-0.2, -0.15) is 0 Å².